The van der Waals surface area contributed by atoms with E-state index in [1.54, 1.807) is 11.1 Å². The molecule has 1 atom stereocenters. The van der Waals surface area contributed by atoms with E-state index in [1.165, 1.54) is 51.7 Å². The Labute approximate surface area is 110 Å². The summed E-state index contributed by atoms with van der Waals surface area (Å²) < 4.78 is 0. The van der Waals surface area contributed by atoms with E-state index in [4.69, 9.17) is 0 Å². The van der Waals surface area contributed by atoms with E-state index in [1.807, 2.05) is 0 Å². The van der Waals surface area contributed by atoms with Crippen LogP contribution >= 0.6 is 0 Å². The van der Waals surface area contributed by atoms with E-state index < -0.39 is 0 Å². The van der Waals surface area contributed by atoms with Gasteiger partial charge in [0.05, 0.1) is 0 Å². The normalized spacial score (nSPS) is 24.8. The number of nitrogens with zero attached hydrogens (tertiary/aromatic N) is 1. The van der Waals surface area contributed by atoms with Gasteiger partial charge in [0.2, 0.25) is 0 Å². The highest BCUT2D eigenvalue weighted by molar-refractivity contribution is 5.32. The molecule has 18 heavy (non-hydrogen) atoms. The van der Waals surface area contributed by atoms with Crippen LogP contribution in [0.25, 0.3) is 0 Å². The van der Waals surface area contributed by atoms with Gasteiger partial charge in [-0.15, -0.1) is 0 Å². The number of benzene rings is 1. The van der Waals surface area contributed by atoms with E-state index >= 15 is 0 Å². The summed E-state index contributed by atoms with van der Waals surface area (Å²) in [6.07, 6.45) is 6.68. The third-order valence-electron chi connectivity index (χ3n) is 4.40. The highest BCUT2D eigenvalue weighted by Crippen LogP contribution is 2.25. The first kappa shape index (κ1) is 12.2. The summed E-state index contributed by atoms with van der Waals surface area (Å²) in [4.78, 5) is 2.64. The molecule has 1 fully saturated rings. The standard InChI is InChI=1S/C16H24N2/c1-4-11-18(12-5-1)13-9-16-15-7-3-2-6-14(15)8-10-17-16/h2-3,6-7,16-17H,1,4-5,8-13H2. The van der Waals surface area contributed by atoms with Gasteiger partial charge in [-0.3, -0.25) is 0 Å². The van der Waals surface area contributed by atoms with Crippen LogP contribution in [0.5, 0.6) is 0 Å². The molecule has 0 aliphatic carbocycles. The molecule has 98 valence electrons. The quantitative estimate of drug-likeness (QED) is 0.879. The summed E-state index contributed by atoms with van der Waals surface area (Å²) in [6.45, 7) is 5.02. The zero-order valence-electron chi connectivity index (χ0n) is 11.2. The Balaban J connectivity index is 1.60. The van der Waals surface area contributed by atoms with Gasteiger partial charge in [-0.05, 0) is 63.0 Å². The Hall–Kier alpha value is -0.860. The van der Waals surface area contributed by atoms with E-state index in [9.17, 15) is 0 Å². The predicted molar refractivity (Wildman–Crippen MR) is 75.8 cm³/mol. The summed E-state index contributed by atoms with van der Waals surface area (Å²) in [5.41, 5.74) is 3.10. The fourth-order valence-electron chi connectivity index (χ4n) is 3.35. The van der Waals surface area contributed by atoms with Crippen LogP contribution in [-0.2, 0) is 6.42 Å². The molecular weight excluding hydrogens is 220 g/mol. The van der Waals surface area contributed by atoms with Crippen LogP contribution in [0, 0.1) is 0 Å². The Morgan fingerprint density at radius 1 is 1.11 bits per heavy atom. The number of fused-ring (bicyclic) bond motifs is 1. The lowest BCUT2D eigenvalue weighted by molar-refractivity contribution is 0.216. The van der Waals surface area contributed by atoms with Crippen LogP contribution in [0.2, 0.25) is 0 Å². The number of piperidine rings is 1. The van der Waals surface area contributed by atoms with Crippen molar-refractivity contribution >= 4 is 0 Å². The monoisotopic (exact) mass is 244 g/mol. The molecule has 0 bridgehead atoms. The minimum atomic E-state index is 0.580. The van der Waals surface area contributed by atoms with Crippen molar-refractivity contribution in [2.75, 3.05) is 26.2 Å². The number of nitrogens with one attached hydrogen (secondary N) is 1. The number of hydrogen-bond acceptors (Lipinski definition) is 2. The zero-order chi connectivity index (χ0) is 12.2. The third-order valence-corrected chi connectivity index (χ3v) is 4.40. The minimum absolute atomic E-state index is 0.580. The van der Waals surface area contributed by atoms with Crippen LogP contribution in [0.15, 0.2) is 24.3 Å². The lowest BCUT2D eigenvalue weighted by Gasteiger charge is -2.31. The van der Waals surface area contributed by atoms with Gasteiger partial charge < -0.3 is 10.2 Å². The van der Waals surface area contributed by atoms with Crippen LogP contribution in [0.3, 0.4) is 0 Å². The van der Waals surface area contributed by atoms with Crippen molar-refractivity contribution in [2.45, 2.75) is 38.1 Å². The molecule has 3 rings (SSSR count). The number of hydrogen-bond donors (Lipinski definition) is 1. The second-order valence-electron chi connectivity index (χ2n) is 5.65. The molecule has 1 aromatic carbocycles. The lowest BCUT2D eigenvalue weighted by atomic mass is 9.92. The Bertz CT molecular complexity index is 382. The molecule has 1 unspecified atom stereocenters. The third kappa shape index (κ3) is 2.76. The molecule has 1 N–H and O–H groups in total. The summed E-state index contributed by atoms with van der Waals surface area (Å²) in [7, 11) is 0. The Kier molecular flexibility index (Phi) is 3.96. The Morgan fingerprint density at radius 2 is 1.94 bits per heavy atom. The molecule has 2 heteroatoms. The molecule has 0 amide bonds. The van der Waals surface area contributed by atoms with Crippen molar-refractivity contribution < 1.29 is 0 Å². The molecular formula is C16H24N2. The topological polar surface area (TPSA) is 15.3 Å². The van der Waals surface area contributed by atoms with E-state index in [0.29, 0.717) is 6.04 Å². The number of rotatable bonds is 3. The van der Waals surface area contributed by atoms with Crippen LogP contribution in [0.1, 0.15) is 42.9 Å². The molecule has 2 nitrogen and oxygen atoms in total. The largest absolute Gasteiger partial charge is 0.310 e. The van der Waals surface area contributed by atoms with Crippen LogP contribution in [-0.4, -0.2) is 31.1 Å². The second kappa shape index (κ2) is 5.85. The first-order valence-corrected chi connectivity index (χ1v) is 7.47. The SMILES string of the molecule is c1ccc2c(c1)CCNC2CCN1CCCCC1. The van der Waals surface area contributed by atoms with Crippen molar-refractivity contribution in [2.24, 2.45) is 0 Å². The molecule has 0 spiro atoms. The molecule has 1 saturated heterocycles. The molecule has 2 aliphatic rings. The highest BCUT2D eigenvalue weighted by Gasteiger charge is 2.20. The average Bonchev–Trinajstić information content (AvgIpc) is 2.46. The van der Waals surface area contributed by atoms with Crippen molar-refractivity contribution in [3.8, 4) is 0 Å². The van der Waals surface area contributed by atoms with Crippen molar-refractivity contribution in [3.63, 3.8) is 0 Å². The Morgan fingerprint density at radius 3 is 2.83 bits per heavy atom. The van der Waals surface area contributed by atoms with Gasteiger partial charge in [-0.2, -0.15) is 0 Å². The van der Waals surface area contributed by atoms with Crippen molar-refractivity contribution in [1.29, 1.82) is 0 Å². The molecule has 2 aliphatic heterocycles. The fourth-order valence-corrected chi connectivity index (χ4v) is 3.35. The van der Waals surface area contributed by atoms with Crippen LogP contribution in [0.4, 0.5) is 0 Å². The van der Waals surface area contributed by atoms with Gasteiger partial charge in [0.25, 0.3) is 0 Å². The lowest BCUT2D eigenvalue weighted by Crippen LogP contribution is -2.35. The predicted octanol–water partition coefficient (Wildman–Crippen LogP) is 2.75. The van der Waals surface area contributed by atoms with Gasteiger partial charge in [0.15, 0.2) is 0 Å². The summed E-state index contributed by atoms with van der Waals surface area (Å²) in [5.74, 6) is 0. The van der Waals surface area contributed by atoms with Crippen LogP contribution < -0.4 is 5.32 Å². The second-order valence-corrected chi connectivity index (χ2v) is 5.65. The van der Waals surface area contributed by atoms with E-state index in [-0.39, 0.29) is 0 Å². The van der Waals surface area contributed by atoms with Gasteiger partial charge in [-0.25, -0.2) is 0 Å². The van der Waals surface area contributed by atoms with Gasteiger partial charge in [0.1, 0.15) is 0 Å². The smallest absolute Gasteiger partial charge is 0.0335 e. The zero-order valence-corrected chi connectivity index (χ0v) is 11.2. The number of likely N-dealkylation sites (tertiary alicyclic amines) is 1. The van der Waals surface area contributed by atoms with E-state index in [0.717, 1.165) is 6.54 Å². The average molecular weight is 244 g/mol. The van der Waals surface area contributed by atoms with Gasteiger partial charge >= 0.3 is 0 Å². The van der Waals surface area contributed by atoms with Crippen molar-refractivity contribution in [3.05, 3.63) is 35.4 Å². The summed E-state index contributed by atoms with van der Waals surface area (Å²) in [6, 6.07) is 9.54. The first-order chi connectivity index (χ1) is 8.93. The maximum absolute atomic E-state index is 3.69. The fraction of sp³-hybridized carbons (Fsp3) is 0.625. The molecule has 0 radical (unpaired) electrons. The maximum Gasteiger partial charge on any atom is 0.0335 e. The van der Waals surface area contributed by atoms with Gasteiger partial charge in [0, 0.05) is 6.04 Å². The summed E-state index contributed by atoms with van der Waals surface area (Å²) >= 11 is 0. The van der Waals surface area contributed by atoms with E-state index in [2.05, 4.69) is 34.5 Å². The first-order valence-electron chi connectivity index (χ1n) is 7.47. The molecule has 0 aromatic heterocycles. The van der Waals surface area contributed by atoms with Crippen molar-refractivity contribution in [1.82, 2.24) is 10.2 Å². The molecule has 2 heterocycles. The molecule has 0 saturated carbocycles. The minimum Gasteiger partial charge on any atom is -0.310 e. The summed E-state index contributed by atoms with van der Waals surface area (Å²) in [5, 5.41) is 3.69. The molecule has 1 aromatic rings. The van der Waals surface area contributed by atoms with Gasteiger partial charge in [-0.1, -0.05) is 30.7 Å². The maximum atomic E-state index is 3.69. The highest BCUT2D eigenvalue weighted by atomic mass is 15.1.